The van der Waals surface area contributed by atoms with Crippen molar-refractivity contribution < 1.29 is 23.5 Å². The average Bonchev–Trinajstić information content (AvgIpc) is 3.53. The largest absolute Gasteiger partial charge is 0.467 e. The van der Waals surface area contributed by atoms with Gasteiger partial charge in [-0.05, 0) is 24.3 Å². The molecule has 3 aromatic heterocycles. The van der Waals surface area contributed by atoms with E-state index < -0.39 is 18.5 Å². The van der Waals surface area contributed by atoms with E-state index in [2.05, 4.69) is 10.3 Å². The second-order valence-corrected chi connectivity index (χ2v) is 7.85. The van der Waals surface area contributed by atoms with E-state index in [4.69, 9.17) is 20.8 Å². The Hall–Kier alpha value is -3.63. The molecule has 0 fully saturated rings. The summed E-state index contributed by atoms with van der Waals surface area (Å²) in [5.74, 6) is -1.07. The summed E-state index contributed by atoms with van der Waals surface area (Å²) >= 11 is 7.34. The number of aromatic nitrogens is 2. The fourth-order valence-electron chi connectivity index (χ4n) is 3.00. The van der Waals surface area contributed by atoms with E-state index in [0.29, 0.717) is 22.0 Å². The summed E-state index contributed by atoms with van der Waals surface area (Å²) in [5, 5.41) is 4.50. The summed E-state index contributed by atoms with van der Waals surface area (Å²) in [5.41, 5.74) is 0.712. The number of esters is 1. The number of furan rings is 1. The Balaban J connectivity index is 1.42. The van der Waals surface area contributed by atoms with E-state index in [1.807, 2.05) is 0 Å². The van der Waals surface area contributed by atoms with Gasteiger partial charge in [0.1, 0.15) is 5.76 Å². The van der Waals surface area contributed by atoms with Crippen LogP contribution in [0.3, 0.4) is 0 Å². The molecule has 0 saturated carbocycles. The van der Waals surface area contributed by atoms with Crippen LogP contribution in [0.1, 0.15) is 26.6 Å². The van der Waals surface area contributed by atoms with Crippen molar-refractivity contribution in [2.24, 2.45) is 0 Å². The van der Waals surface area contributed by atoms with Crippen LogP contribution in [-0.2, 0) is 16.1 Å². The minimum absolute atomic E-state index is 0.00114. The van der Waals surface area contributed by atoms with Crippen LogP contribution in [0.4, 0.5) is 5.69 Å². The lowest BCUT2D eigenvalue weighted by Gasteiger charge is -2.20. The number of ether oxygens (including phenoxy) is 1. The molecule has 0 spiro atoms. The standard InChI is InChI=1S/C21H17ClN4O5S/c1-25(15-7-3-2-6-14(15)19(28)23-11-13-5-4-9-30-13)16(27)12-31-20(29)17-18(22)24-21-26(17)8-10-32-21/h2-10H,11-12H2,1H3,(H,23,28). The van der Waals surface area contributed by atoms with Crippen LogP contribution in [-0.4, -0.2) is 40.8 Å². The van der Waals surface area contributed by atoms with Gasteiger partial charge in [-0.2, -0.15) is 0 Å². The van der Waals surface area contributed by atoms with Crippen LogP contribution < -0.4 is 10.2 Å². The number of para-hydroxylation sites is 1. The molecule has 9 nitrogen and oxygen atoms in total. The van der Waals surface area contributed by atoms with E-state index in [1.54, 1.807) is 48.0 Å². The number of imidazole rings is 1. The molecular weight excluding hydrogens is 456 g/mol. The summed E-state index contributed by atoms with van der Waals surface area (Å²) < 4.78 is 11.9. The van der Waals surface area contributed by atoms with Crippen LogP contribution in [0.15, 0.2) is 58.7 Å². The van der Waals surface area contributed by atoms with Crippen molar-refractivity contribution in [2.45, 2.75) is 6.54 Å². The van der Waals surface area contributed by atoms with Gasteiger partial charge in [-0.15, -0.1) is 11.3 Å². The van der Waals surface area contributed by atoms with E-state index >= 15 is 0 Å². The third kappa shape index (κ3) is 4.36. The molecule has 0 atom stereocenters. The summed E-state index contributed by atoms with van der Waals surface area (Å²) in [6, 6.07) is 10.1. The van der Waals surface area contributed by atoms with E-state index in [-0.39, 0.29) is 23.3 Å². The smallest absolute Gasteiger partial charge is 0.359 e. The molecular formula is C21H17ClN4O5S. The number of thiazole rings is 1. The molecule has 11 heteroatoms. The first kappa shape index (κ1) is 21.6. The zero-order valence-electron chi connectivity index (χ0n) is 16.8. The van der Waals surface area contributed by atoms with Gasteiger partial charge in [-0.3, -0.25) is 14.0 Å². The summed E-state index contributed by atoms with van der Waals surface area (Å²) in [6.45, 7) is -0.329. The van der Waals surface area contributed by atoms with E-state index in [1.165, 1.54) is 33.9 Å². The van der Waals surface area contributed by atoms with Crippen LogP contribution in [0.5, 0.6) is 0 Å². The van der Waals surface area contributed by atoms with Crippen molar-refractivity contribution in [1.82, 2.24) is 14.7 Å². The average molecular weight is 473 g/mol. The Morgan fingerprint density at radius 3 is 2.84 bits per heavy atom. The number of anilines is 1. The lowest BCUT2D eigenvalue weighted by atomic mass is 10.1. The van der Waals surface area contributed by atoms with Crippen molar-refractivity contribution in [3.8, 4) is 0 Å². The third-order valence-corrected chi connectivity index (χ3v) is 5.65. The van der Waals surface area contributed by atoms with Gasteiger partial charge in [0.15, 0.2) is 22.4 Å². The van der Waals surface area contributed by atoms with Crippen molar-refractivity contribution in [1.29, 1.82) is 0 Å². The number of nitrogens with one attached hydrogen (secondary N) is 1. The number of rotatable bonds is 7. The molecule has 1 aromatic carbocycles. The second-order valence-electron chi connectivity index (χ2n) is 6.61. The first-order valence-electron chi connectivity index (χ1n) is 9.40. The van der Waals surface area contributed by atoms with Gasteiger partial charge in [0.25, 0.3) is 11.8 Å². The predicted octanol–water partition coefficient (Wildman–Crippen LogP) is 3.39. The van der Waals surface area contributed by atoms with Crippen molar-refractivity contribution in [3.05, 3.63) is 76.4 Å². The number of carbonyl (C=O) groups is 3. The molecule has 4 aromatic rings. The minimum atomic E-state index is -0.771. The molecule has 32 heavy (non-hydrogen) atoms. The number of amides is 2. The molecule has 0 aliphatic rings. The number of benzene rings is 1. The topological polar surface area (TPSA) is 106 Å². The molecule has 0 unspecified atom stereocenters. The lowest BCUT2D eigenvalue weighted by Crippen LogP contribution is -2.33. The van der Waals surface area contributed by atoms with Gasteiger partial charge in [0, 0.05) is 18.6 Å². The van der Waals surface area contributed by atoms with Crippen molar-refractivity contribution in [3.63, 3.8) is 0 Å². The first-order chi connectivity index (χ1) is 15.5. The summed E-state index contributed by atoms with van der Waals surface area (Å²) in [4.78, 5) is 43.7. The third-order valence-electron chi connectivity index (χ3n) is 4.63. The van der Waals surface area contributed by atoms with Crippen LogP contribution >= 0.6 is 22.9 Å². The van der Waals surface area contributed by atoms with E-state index in [0.717, 1.165) is 0 Å². The monoisotopic (exact) mass is 472 g/mol. The number of fused-ring (bicyclic) bond motifs is 1. The fourth-order valence-corrected chi connectivity index (χ4v) is 4.02. The van der Waals surface area contributed by atoms with Crippen molar-refractivity contribution >= 4 is 51.4 Å². The maximum absolute atomic E-state index is 12.7. The van der Waals surface area contributed by atoms with Crippen molar-refractivity contribution in [2.75, 3.05) is 18.6 Å². The second kappa shape index (κ2) is 9.25. The molecule has 0 bridgehead atoms. The molecule has 0 aliphatic heterocycles. The number of hydrogen-bond acceptors (Lipinski definition) is 7. The lowest BCUT2D eigenvalue weighted by molar-refractivity contribution is -0.121. The number of carbonyl (C=O) groups excluding carboxylic acids is 3. The molecule has 2 amide bonds. The Kier molecular flexibility index (Phi) is 6.24. The number of nitrogens with zero attached hydrogens (tertiary/aromatic N) is 3. The van der Waals surface area contributed by atoms with Gasteiger partial charge in [-0.1, -0.05) is 23.7 Å². The zero-order chi connectivity index (χ0) is 22.7. The Morgan fingerprint density at radius 2 is 2.06 bits per heavy atom. The molecule has 0 radical (unpaired) electrons. The number of halogens is 1. The summed E-state index contributed by atoms with van der Waals surface area (Å²) in [7, 11) is 1.50. The Labute approximate surface area is 191 Å². The van der Waals surface area contributed by atoms with Gasteiger partial charge >= 0.3 is 5.97 Å². The fraction of sp³-hybridized carbons (Fsp3) is 0.143. The Bertz CT molecular complexity index is 1280. The molecule has 164 valence electrons. The summed E-state index contributed by atoms with van der Waals surface area (Å²) in [6.07, 6.45) is 3.16. The number of hydrogen-bond donors (Lipinski definition) is 1. The predicted molar refractivity (Wildman–Crippen MR) is 118 cm³/mol. The van der Waals surface area contributed by atoms with Crippen LogP contribution in [0, 0.1) is 0 Å². The highest BCUT2D eigenvalue weighted by Crippen LogP contribution is 2.23. The zero-order valence-corrected chi connectivity index (χ0v) is 18.4. The molecule has 0 saturated heterocycles. The van der Waals surface area contributed by atoms with Crippen LogP contribution in [0.2, 0.25) is 5.15 Å². The maximum atomic E-state index is 12.7. The maximum Gasteiger partial charge on any atom is 0.359 e. The van der Waals surface area contributed by atoms with Gasteiger partial charge < -0.3 is 19.4 Å². The molecule has 3 heterocycles. The van der Waals surface area contributed by atoms with E-state index in [9.17, 15) is 14.4 Å². The first-order valence-corrected chi connectivity index (χ1v) is 10.7. The number of likely N-dealkylation sites (N-methyl/N-ethyl adjacent to an activating group) is 1. The van der Waals surface area contributed by atoms with Gasteiger partial charge in [0.2, 0.25) is 0 Å². The van der Waals surface area contributed by atoms with Gasteiger partial charge in [0.05, 0.1) is 24.1 Å². The molecule has 0 aliphatic carbocycles. The van der Waals surface area contributed by atoms with Crippen LogP contribution in [0.25, 0.3) is 4.96 Å². The highest BCUT2D eigenvalue weighted by atomic mass is 35.5. The minimum Gasteiger partial charge on any atom is -0.467 e. The quantitative estimate of drug-likeness (QED) is 0.413. The molecule has 1 N–H and O–H groups in total. The SMILES string of the molecule is CN(C(=O)COC(=O)c1c(Cl)nc2sccn12)c1ccccc1C(=O)NCc1ccco1. The molecule has 4 rings (SSSR count). The highest BCUT2D eigenvalue weighted by Gasteiger charge is 2.23. The van der Waals surface area contributed by atoms with Gasteiger partial charge in [-0.25, -0.2) is 9.78 Å². The highest BCUT2D eigenvalue weighted by molar-refractivity contribution is 7.15. The normalized spacial score (nSPS) is 10.8. The Morgan fingerprint density at radius 1 is 1.25 bits per heavy atom.